The molecule has 2 rings (SSSR count). The molecule has 16 heavy (non-hydrogen) atoms. The topological polar surface area (TPSA) is 33.8 Å². The number of aromatic nitrogens is 2. The lowest BCUT2D eigenvalue weighted by molar-refractivity contribution is -0.683. The van der Waals surface area contributed by atoms with Crippen molar-refractivity contribution in [2.24, 2.45) is 0 Å². The van der Waals surface area contributed by atoms with Crippen molar-refractivity contribution >= 4 is 5.78 Å². The van der Waals surface area contributed by atoms with Gasteiger partial charge in [0, 0.05) is 5.56 Å². The van der Waals surface area contributed by atoms with E-state index in [0.29, 0.717) is 6.54 Å². The normalized spacial score (nSPS) is 10.1. The molecule has 0 radical (unpaired) electrons. The average molecular weight is 213 g/mol. The molecule has 1 aromatic heterocycles. The van der Waals surface area contributed by atoms with Crippen molar-refractivity contribution in [2.75, 3.05) is 0 Å². The Morgan fingerprint density at radius 1 is 1.25 bits per heavy atom. The molecule has 0 spiro atoms. The van der Waals surface area contributed by atoms with Crippen LogP contribution >= 0.6 is 0 Å². The Labute approximate surface area is 94.4 Å². The molecule has 1 aromatic carbocycles. The largest absolute Gasteiger partial charge is 0.287 e. The van der Waals surface area contributed by atoms with Gasteiger partial charge in [-0.05, 0) is 12.5 Å². The summed E-state index contributed by atoms with van der Waals surface area (Å²) in [5.41, 5.74) is 1.80. The summed E-state index contributed by atoms with van der Waals surface area (Å²) < 4.78 is 1.82. The second-order valence-electron chi connectivity index (χ2n) is 3.66. The molecule has 3 heteroatoms. The van der Waals surface area contributed by atoms with Crippen molar-refractivity contribution in [1.29, 1.82) is 0 Å². The van der Waals surface area contributed by atoms with Crippen molar-refractivity contribution in [3.63, 3.8) is 0 Å². The Balaban J connectivity index is 2.19. The van der Waals surface area contributed by atoms with Gasteiger partial charge in [0.25, 0.3) is 0 Å². The smallest absolute Gasteiger partial charge is 0.227 e. The summed E-state index contributed by atoms with van der Waals surface area (Å²) in [5.74, 6) is 0.120. The van der Waals surface area contributed by atoms with Crippen LogP contribution in [-0.4, -0.2) is 10.8 Å². The lowest BCUT2D eigenvalue weighted by Crippen LogP contribution is -2.37. The minimum atomic E-state index is 0.120. The number of Topliss-reactive ketones (excluding diaryl/α,β-unsaturated/α-hetero) is 1. The molecular weight excluding hydrogens is 200 g/mol. The third-order valence-corrected chi connectivity index (χ3v) is 2.46. The zero-order valence-electron chi connectivity index (χ0n) is 9.13. The van der Waals surface area contributed by atoms with E-state index >= 15 is 0 Å². The van der Waals surface area contributed by atoms with E-state index in [-0.39, 0.29) is 5.78 Å². The van der Waals surface area contributed by atoms with Crippen LogP contribution in [0.5, 0.6) is 0 Å². The van der Waals surface area contributed by atoms with Crippen molar-refractivity contribution < 1.29 is 9.36 Å². The molecule has 0 saturated carbocycles. The molecule has 0 N–H and O–H groups in total. The van der Waals surface area contributed by atoms with E-state index in [9.17, 15) is 4.79 Å². The van der Waals surface area contributed by atoms with E-state index in [1.165, 1.54) is 0 Å². The zero-order chi connectivity index (χ0) is 11.4. The van der Waals surface area contributed by atoms with Crippen molar-refractivity contribution in [2.45, 2.75) is 13.5 Å². The van der Waals surface area contributed by atoms with E-state index in [0.717, 1.165) is 11.1 Å². The average Bonchev–Trinajstić information content (AvgIpc) is 2.31. The number of carbonyl (C=O) groups excluding carboxylic acids is 1. The van der Waals surface area contributed by atoms with Crippen LogP contribution in [0.15, 0.2) is 49.1 Å². The Bertz CT molecular complexity index is 494. The Morgan fingerprint density at radius 3 is 2.62 bits per heavy atom. The highest BCUT2D eigenvalue weighted by atomic mass is 16.1. The van der Waals surface area contributed by atoms with Crippen LogP contribution in [0, 0.1) is 6.92 Å². The van der Waals surface area contributed by atoms with E-state index < -0.39 is 0 Å². The van der Waals surface area contributed by atoms with E-state index in [1.807, 2.05) is 35.8 Å². The molecule has 0 aliphatic carbocycles. The van der Waals surface area contributed by atoms with Gasteiger partial charge in [-0.25, -0.2) is 0 Å². The minimum absolute atomic E-state index is 0.120. The molecule has 0 atom stereocenters. The monoisotopic (exact) mass is 213 g/mol. The molecule has 0 saturated heterocycles. The molecule has 1 heterocycles. The quantitative estimate of drug-likeness (QED) is 0.572. The van der Waals surface area contributed by atoms with Crippen LogP contribution < -0.4 is 4.57 Å². The van der Waals surface area contributed by atoms with Crippen molar-refractivity contribution in [3.05, 3.63) is 60.2 Å². The maximum Gasteiger partial charge on any atom is 0.227 e. The van der Waals surface area contributed by atoms with Crippen LogP contribution in [0.2, 0.25) is 0 Å². The van der Waals surface area contributed by atoms with Crippen LogP contribution in [0.25, 0.3) is 0 Å². The number of hydrogen-bond donors (Lipinski definition) is 0. The summed E-state index contributed by atoms with van der Waals surface area (Å²) in [5, 5.41) is 0. The van der Waals surface area contributed by atoms with E-state index in [2.05, 4.69) is 4.98 Å². The highest BCUT2D eigenvalue weighted by Crippen LogP contribution is 2.07. The molecule has 2 aromatic rings. The first kappa shape index (κ1) is 10.5. The fraction of sp³-hybridized carbons (Fsp3) is 0.154. The fourth-order valence-corrected chi connectivity index (χ4v) is 1.59. The van der Waals surface area contributed by atoms with Gasteiger partial charge in [-0.15, -0.1) is 0 Å². The number of rotatable bonds is 3. The number of benzene rings is 1. The third-order valence-electron chi connectivity index (χ3n) is 2.46. The highest BCUT2D eigenvalue weighted by molar-refractivity contribution is 5.96. The number of aryl methyl sites for hydroxylation is 1. The lowest BCUT2D eigenvalue weighted by Gasteiger charge is -2.01. The number of hydrogen-bond acceptors (Lipinski definition) is 2. The standard InChI is InChI=1S/C13H13N2O/c1-11-4-2-3-5-12(11)13(16)10-15-8-6-14-7-9-15/h2-9H,10H2,1H3/q+1. The van der Waals surface area contributed by atoms with Crippen LogP contribution in [0.3, 0.4) is 0 Å². The van der Waals surface area contributed by atoms with Gasteiger partial charge in [0.05, 0.1) is 12.4 Å². The summed E-state index contributed by atoms with van der Waals surface area (Å²) in [6.07, 6.45) is 6.92. The summed E-state index contributed by atoms with van der Waals surface area (Å²) in [4.78, 5) is 15.9. The maximum atomic E-state index is 12.0. The molecule has 0 unspecified atom stereocenters. The molecule has 3 nitrogen and oxygen atoms in total. The van der Waals surface area contributed by atoms with Crippen molar-refractivity contribution in [1.82, 2.24) is 4.98 Å². The van der Waals surface area contributed by atoms with Gasteiger partial charge in [0.15, 0.2) is 12.4 Å². The van der Waals surface area contributed by atoms with Gasteiger partial charge in [-0.2, -0.15) is 4.57 Å². The Kier molecular flexibility index (Phi) is 3.05. The molecule has 80 valence electrons. The second kappa shape index (κ2) is 4.66. The second-order valence-corrected chi connectivity index (χ2v) is 3.66. The highest BCUT2D eigenvalue weighted by Gasteiger charge is 2.13. The van der Waals surface area contributed by atoms with Crippen LogP contribution in [0.4, 0.5) is 0 Å². The Morgan fingerprint density at radius 2 is 1.94 bits per heavy atom. The van der Waals surface area contributed by atoms with Gasteiger partial charge in [-0.3, -0.25) is 9.78 Å². The van der Waals surface area contributed by atoms with Gasteiger partial charge < -0.3 is 0 Å². The van der Waals surface area contributed by atoms with Crippen LogP contribution in [0.1, 0.15) is 15.9 Å². The van der Waals surface area contributed by atoms with E-state index in [1.54, 1.807) is 24.8 Å². The molecule has 0 aliphatic heterocycles. The number of carbonyl (C=O) groups is 1. The first-order valence-electron chi connectivity index (χ1n) is 5.15. The number of nitrogens with zero attached hydrogens (tertiary/aromatic N) is 2. The zero-order valence-corrected chi connectivity index (χ0v) is 9.13. The first-order valence-corrected chi connectivity index (χ1v) is 5.15. The molecular formula is C13H13N2O+. The van der Waals surface area contributed by atoms with E-state index in [4.69, 9.17) is 0 Å². The summed E-state index contributed by atoms with van der Waals surface area (Å²) in [6.45, 7) is 2.30. The lowest BCUT2D eigenvalue weighted by atomic mass is 10.1. The van der Waals surface area contributed by atoms with Gasteiger partial charge in [-0.1, -0.05) is 24.3 Å². The molecule has 0 aliphatic rings. The van der Waals surface area contributed by atoms with Crippen LogP contribution in [-0.2, 0) is 6.54 Å². The first-order chi connectivity index (χ1) is 7.77. The minimum Gasteiger partial charge on any atom is -0.287 e. The summed E-state index contributed by atoms with van der Waals surface area (Å²) in [6, 6.07) is 7.63. The predicted molar refractivity (Wildman–Crippen MR) is 59.9 cm³/mol. The molecule has 0 bridgehead atoms. The van der Waals surface area contributed by atoms with Gasteiger partial charge >= 0.3 is 0 Å². The predicted octanol–water partition coefficient (Wildman–Crippen LogP) is 1.56. The van der Waals surface area contributed by atoms with Crippen molar-refractivity contribution in [3.8, 4) is 0 Å². The Hall–Kier alpha value is -2.03. The third kappa shape index (κ3) is 2.31. The maximum absolute atomic E-state index is 12.0. The molecule has 0 amide bonds. The summed E-state index contributed by atoms with van der Waals surface area (Å²) in [7, 11) is 0. The SMILES string of the molecule is Cc1ccccc1C(=O)C[n+]1ccncc1. The summed E-state index contributed by atoms with van der Waals surface area (Å²) >= 11 is 0. The van der Waals surface area contributed by atoms with Gasteiger partial charge in [0.1, 0.15) is 0 Å². The molecule has 0 fully saturated rings. The van der Waals surface area contributed by atoms with Gasteiger partial charge in [0.2, 0.25) is 12.3 Å². The number of ketones is 1. The fourth-order valence-electron chi connectivity index (χ4n) is 1.59.